The van der Waals surface area contributed by atoms with E-state index in [-0.39, 0.29) is 29.9 Å². The Kier molecular flexibility index (Phi) is 6.41. The summed E-state index contributed by atoms with van der Waals surface area (Å²) < 4.78 is 5.65. The van der Waals surface area contributed by atoms with Gasteiger partial charge in [0.05, 0.1) is 6.61 Å². The fraction of sp³-hybridized carbons (Fsp3) is 0.214. The molecule has 0 bridgehead atoms. The molecule has 2 aromatic rings. The molecule has 0 radical (unpaired) electrons. The van der Waals surface area contributed by atoms with Crippen molar-refractivity contribution in [3.63, 3.8) is 0 Å². The second-order valence-corrected chi connectivity index (χ2v) is 4.02. The van der Waals surface area contributed by atoms with E-state index in [2.05, 4.69) is 23.2 Å². The van der Waals surface area contributed by atoms with Gasteiger partial charge in [0.25, 0.3) is 0 Å². The van der Waals surface area contributed by atoms with Crippen molar-refractivity contribution in [3.8, 4) is 5.75 Å². The second kappa shape index (κ2) is 7.83. The summed E-state index contributed by atoms with van der Waals surface area (Å²) in [7, 11) is 0. The van der Waals surface area contributed by atoms with Crippen LogP contribution >= 0.6 is 24.0 Å². The molecular weight excluding hydrogens is 353 g/mol. The minimum Gasteiger partial charge on any atom is -0.494 e. The Hall–Kier alpha value is -1.50. The van der Waals surface area contributed by atoms with E-state index in [4.69, 9.17) is 16.2 Å². The summed E-state index contributed by atoms with van der Waals surface area (Å²) in [6.07, 6.45) is 0.796. The molecule has 19 heavy (non-hydrogen) atoms. The topological polar surface area (TPSA) is 73.6 Å². The lowest BCUT2D eigenvalue weighted by molar-refractivity contribution is 0.314. The molecule has 0 unspecified atom stereocenters. The van der Waals surface area contributed by atoms with Gasteiger partial charge in [0, 0.05) is 13.0 Å². The molecule has 5 heteroatoms. The molecule has 4 nitrogen and oxygen atoms in total. The van der Waals surface area contributed by atoms with Crippen molar-refractivity contribution in [3.05, 3.63) is 42.5 Å². The quantitative estimate of drug-likeness (QED) is 0.367. The number of hydrogen-bond donors (Lipinski definition) is 2. The Morgan fingerprint density at radius 3 is 2.53 bits per heavy atom. The van der Waals surface area contributed by atoms with Gasteiger partial charge in [-0.05, 0) is 22.9 Å². The van der Waals surface area contributed by atoms with E-state index in [1.807, 2.05) is 24.3 Å². The number of ether oxygens (including phenoxy) is 1. The zero-order valence-corrected chi connectivity index (χ0v) is 12.9. The van der Waals surface area contributed by atoms with Crippen LogP contribution in [-0.4, -0.2) is 19.1 Å². The fourth-order valence-corrected chi connectivity index (χ4v) is 1.72. The molecule has 0 aliphatic rings. The van der Waals surface area contributed by atoms with Crippen LogP contribution in [0.4, 0.5) is 0 Å². The summed E-state index contributed by atoms with van der Waals surface area (Å²) in [5.74, 6) is 0.999. The number of hydrogen-bond acceptors (Lipinski definition) is 2. The van der Waals surface area contributed by atoms with Crippen molar-refractivity contribution in [1.82, 2.24) is 0 Å². The number of fused-ring (bicyclic) bond motifs is 1. The molecule has 0 aliphatic carbocycles. The van der Waals surface area contributed by atoms with Crippen molar-refractivity contribution in [1.29, 1.82) is 0 Å². The van der Waals surface area contributed by atoms with Crippen LogP contribution in [0.5, 0.6) is 5.75 Å². The Morgan fingerprint density at radius 2 is 1.79 bits per heavy atom. The molecule has 0 atom stereocenters. The number of benzene rings is 2. The summed E-state index contributed by atoms with van der Waals surface area (Å²) in [6.45, 7) is 1.20. The average Bonchev–Trinajstić information content (AvgIpc) is 2.38. The highest BCUT2D eigenvalue weighted by molar-refractivity contribution is 14.0. The Balaban J connectivity index is 0.00000180. The minimum atomic E-state index is 0. The first-order valence-corrected chi connectivity index (χ1v) is 5.93. The zero-order valence-electron chi connectivity index (χ0n) is 10.6. The Labute approximate surface area is 129 Å². The van der Waals surface area contributed by atoms with E-state index in [0.717, 1.165) is 12.2 Å². The van der Waals surface area contributed by atoms with E-state index < -0.39 is 0 Å². The average molecular weight is 371 g/mol. The normalized spacial score (nSPS) is 9.68. The van der Waals surface area contributed by atoms with Crippen LogP contribution in [0.3, 0.4) is 0 Å². The van der Waals surface area contributed by atoms with E-state index in [1.54, 1.807) is 0 Å². The maximum absolute atomic E-state index is 5.65. The lowest BCUT2D eigenvalue weighted by Crippen LogP contribution is -2.23. The van der Waals surface area contributed by atoms with Gasteiger partial charge in [0.1, 0.15) is 5.75 Å². The summed E-state index contributed by atoms with van der Waals surface area (Å²) in [5, 5.41) is 2.39. The van der Waals surface area contributed by atoms with Gasteiger partial charge in [-0.1, -0.05) is 30.3 Å². The fourth-order valence-electron chi connectivity index (χ4n) is 1.72. The van der Waals surface area contributed by atoms with E-state index in [0.29, 0.717) is 13.2 Å². The minimum absolute atomic E-state index is 0. The monoisotopic (exact) mass is 371 g/mol. The van der Waals surface area contributed by atoms with Crippen molar-refractivity contribution in [2.75, 3.05) is 13.2 Å². The van der Waals surface area contributed by atoms with E-state index in [9.17, 15) is 0 Å². The number of nitrogens with two attached hydrogens (primary N) is 2. The molecule has 2 rings (SSSR count). The molecule has 0 aromatic heterocycles. The molecule has 0 amide bonds. The number of nitrogens with zero attached hydrogens (tertiary/aromatic N) is 1. The lowest BCUT2D eigenvalue weighted by Gasteiger charge is -2.06. The molecular formula is C14H18IN3O. The summed E-state index contributed by atoms with van der Waals surface area (Å²) in [6, 6.07) is 14.3. The van der Waals surface area contributed by atoms with Crippen LogP contribution < -0.4 is 16.2 Å². The third kappa shape index (κ3) is 4.94. The standard InChI is InChI=1S/C14H17N3O.HI/c15-14(16)17-8-3-9-18-13-7-6-11-4-1-2-5-12(11)10-13;/h1-2,4-7,10H,3,8-9H2,(H4,15,16,17);1H. The Morgan fingerprint density at radius 1 is 1.05 bits per heavy atom. The zero-order chi connectivity index (χ0) is 12.8. The summed E-state index contributed by atoms with van der Waals surface area (Å²) in [4.78, 5) is 3.90. The van der Waals surface area contributed by atoms with Crippen LogP contribution in [0, 0.1) is 0 Å². The number of rotatable bonds is 5. The smallest absolute Gasteiger partial charge is 0.185 e. The van der Waals surface area contributed by atoms with Gasteiger partial charge in [-0.3, -0.25) is 4.99 Å². The maximum atomic E-state index is 5.65. The molecule has 0 heterocycles. The van der Waals surface area contributed by atoms with Gasteiger partial charge in [0.15, 0.2) is 5.96 Å². The number of guanidine groups is 1. The SMILES string of the molecule is I.NC(N)=NCCCOc1ccc2ccccc2c1. The van der Waals surface area contributed by atoms with Crippen molar-refractivity contribution in [2.24, 2.45) is 16.5 Å². The third-order valence-corrected chi connectivity index (χ3v) is 2.59. The summed E-state index contributed by atoms with van der Waals surface area (Å²) >= 11 is 0. The summed E-state index contributed by atoms with van der Waals surface area (Å²) in [5.41, 5.74) is 10.5. The highest BCUT2D eigenvalue weighted by Gasteiger charge is 1.96. The first kappa shape index (κ1) is 15.6. The molecule has 0 spiro atoms. The van der Waals surface area contributed by atoms with Gasteiger partial charge in [-0.15, -0.1) is 24.0 Å². The predicted octanol–water partition coefficient (Wildman–Crippen LogP) is 2.50. The van der Waals surface area contributed by atoms with E-state index >= 15 is 0 Å². The number of halogens is 1. The van der Waals surface area contributed by atoms with Crippen LogP contribution in [0.2, 0.25) is 0 Å². The maximum Gasteiger partial charge on any atom is 0.185 e. The van der Waals surface area contributed by atoms with Crippen molar-refractivity contribution >= 4 is 40.7 Å². The van der Waals surface area contributed by atoms with Gasteiger partial charge in [-0.25, -0.2) is 0 Å². The highest BCUT2D eigenvalue weighted by Crippen LogP contribution is 2.20. The number of aliphatic imine (C=N–C) groups is 1. The lowest BCUT2D eigenvalue weighted by atomic mass is 10.1. The van der Waals surface area contributed by atoms with Gasteiger partial charge in [0.2, 0.25) is 0 Å². The van der Waals surface area contributed by atoms with Crippen LogP contribution in [-0.2, 0) is 0 Å². The molecule has 0 fully saturated rings. The molecule has 0 saturated carbocycles. The second-order valence-electron chi connectivity index (χ2n) is 4.02. The molecule has 0 aliphatic heterocycles. The van der Waals surface area contributed by atoms with Crippen molar-refractivity contribution in [2.45, 2.75) is 6.42 Å². The molecule has 4 N–H and O–H groups in total. The van der Waals surface area contributed by atoms with Crippen LogP contribution in [0.15, 0.2) is 47.5 Å². The Bertz CT molecular complexity index is 553. The third-order valence-electron chi connectivity index (χ3n) is 2.59. The molecule has 0 saturated heterocycles. The molecule has 2 aromatic carbocycles. The van der Waals surface area contributed by atoms with Crippen LogP contribution in [0.1, 0.15) is 6.42 Å². The van der Waals surface area contributed by atoms with Crippen LogP contribution in [0.25, 0.3) is 10.8 Å². The first-order valence-electron chi connectivity index (χ1n) is 5.93. The molecule has 102 valence electrons. The van der Waals surface area contributed by atoms with Gasteiger partial charge >= 0.3 is 0 Å². The highest BCUT2D eigenvalue weighted by atomic mass is 127. The van der Waals surface area contributed by atoms with Gasteiger partial charge in [-0.2, -0.15) is 0 Å². The largest absolute Gasteiger partial charge is 0.494 e. The predicted molar refractivity (Wildman–Crippen MR) is 90.2 cm³/mol. The van der Waals surface area contributed by atoms with E-state index in [1.165, 1.54) is 10.8 Å². The van der Waals surface area contributed by atoms with Crippen molar-refractivity contribution < 1.29 is 4.74 Å². The first-order chi connectivity index (χ1) is 8.75. The van der Waals surface area contributed by atoms with Gasteiger partial charge < -0.3 is 16.2 Å².